The zero-order valence-electron chi connectivity index (χ0n) is 15.5. The molecule has 0 spiro atoms. The van der Waals surface area contributed by atoms with Crippen molar-refractivity contribution in [1.29, 1.82) is 0 Å². The van der Waals surface area contributed by atoms with Crippen LogP contribution in [-0.4, -0.2) is 55.1 Å². The maximum atomic E-state index is 12.2. The lowest BCUT2D eigenvalue weighted by Crippen LogP contribution is -2.40. The van der Waals surface area contributed by atoms with Crippen LogP contribution >= 0.6 is 0 Å². The molecule has 0 N–H and O–H groups in total. The zero-order valence-corrected chi connectivity index (χ0v) is 16.4. The van der Waals surface area contributed by atoms with Crippen LogP contribution in [-0.2, 0) is 23.8 Å². The first kappa shape index (κ1) is 19.6. The van der Waals surface area contributed by atoms with Crippen LogP contribution in [0.15, 0.2) is 41.3 Å². The van der Waals surface area contributed by atoms with Gasteiger partial charge in [-0.05, 0) is 19.1 Å². The molecule has 2 aliphatic heterocycles. The van der Waals surface area contributed by atoms with Crippen molar-refractivity contribution in [2.75, 3.05) is 12.9 Å². The first-order valence-electron chi connectivity index (χ1n) is 8.75. The Morgan fingerprint density at radius 2 is 2.00 bits per heavy atom. The number of carbonyl (C=O) groups is 1. The number of esters is 1. The molecule has 0 amide bonds. The number of hydrogen-bond donors (Lipinski definition) is 0. The Morgan fingerprint density at radius 1 is 1.28 bits per heavy atom. The highest BCUT2D eigenvalue weighted by molar-refractivity contribution is 7.86. The van der Waals surface area contributed by atoms with Gasteiger partial charge in [-0.2, -0.15) is 13.4 Å². The summed E-state index contributed by atoms with van der Waals surface area (Å²) in [6.07, 6.45) is -1.22. The summed E-state index contributed by atoms with van der Waals surface area (Å²) in [5.41, 5.74) is 0.274. The molecule has 1 fully saturated rings. The Bertz CT molecular complexity index is 1100. The predicted octanol–water partition coefficient (Wildman–Crippen LogP) is 0.412. The number of hydrogen-bond acceptors (Lipinski definition) is 9. The molecule has 0 aliphatic carbocycles. The van der Waals surface area contributed by atoms with Crippen molar-refractivity contribution >= 4 is 16.1 Å². The highest BCUT2D eigenvalue weighted by Crippen LogP contribution is 2.41. The van der Waals surface area contributed by atoms with E-state index in [-0.39, 0.29) is 12.6 Å². The van der Waals surface area contributed by atoms with E-state index in [9.17, 15) is 18.0 Å². The third-order valence-corrected chi connectivity index (χ3v) is 5.14. The van der Waals surface area contributed by atoms with E-state index in [0.717, 1.165) is 6.26 Å². The average Bonchev–Trinajstić information content (AvgIpc) is 3.16. The second-order valence-electron chi connectivity index (χ2n) is 6.80. The Labute approximate surface area is 166 Å². The highest BCUT2D eigenvalue weighted by Gasteiger charge is 2.54. The summed E-state index contributed by atoms with van der Waals surface area (Å²) < 4.78 is 47.0. The Balaban J connectivity index is 1.56. The molecule has 4 rings (SSSR count). The minimum absolute atomic E-state index is 0.0115. The van der Waals surface area contributed by atoms with Crippen molar-refractivity contribution in [3.63, 3.8) is 0 Å². The van der Waals surface area contributed by atoms with Gasteiger partial charge in [0.05, 0.1) is 11.8 Å². The molecule has 0 saturated carbocycles. The SMILES string of the molecule is Cc1cn2c(nc1=O)O[C@H]1[C@H](OS(C)(=O)=O)[C@@H](COC(=O)c3ccccc3)O[C@H]12. The van der Waals surface area contributed by atoms with Crippen LogP contribution in [0.4, 0.5) is 0 Å². The van der Waals surface area contributed by atoms with Crippen LogP contribution in [0.25, 0.3) is 0 Å². The number of carbonyl (C=O) groups excluding carboxylic acids is 1. The van der Waals surface area contributed by atoms with Gasteiger partial charge >= 0.3 is 12.0 Å². The lowest BCUT2D eigenvalue weighted by molar-refractivity contribution is -0.0467. The monoisotopic (exact) mass is 422 g/mol. The number of aromatic nitrogens is 2. The first-order valence-corrected chi connectivity index (χ1v) is 10.6. The lowest BCUT2D eigenvalue weighted by atomic mass is 10.1. The fourth-order valence-corrected chi connectivity index (χ4v) is 3.91. The van der Waals surface area contributed by atoms with Gasteiger partial charge in [0.1, 0.15) is 18.8 Å². The fourth-order valence-electron chi connectivity index (χ4n) is 3.27. The number of ether oxygens (including phenoxy) is 3. The molecule has 10 nitrogen and oxygen atoms in total. The number of fused-ring (bicyclic) bond motifs is 3. The number of rotatable bonds is 5. The van der Waals surface area contributed by atoms with E-state index in [2.05, 4.69) is 4.98 Å². The molecule has 0 radical (unpaired) electrons. The average molecular weight is 422 g/mol. The predicted molar refractivity (Wildman–Crippen MR) is 98.0 cm³/mol. The maximum Gasteiger partial charge on any atom is 0.338 e. The second kappa shape index (κ2) is 7.25. The molecule has 29 heavy (non-hydrogen) atoms. The Morgan fingerprint density at radius 3 is 2.69 bits per heavy atom. The van der Waals surface area contributed by atoms with Crippen LogP contribution in [0.1, 0.15) is 22.1 Å². The van der Waals surface area contributed by atoms with E-state index >= 15 is 0 Å². The Kier molecular flexibility index (Phi) is 4.89. The van der Waals surface area contributed by atoms with Crippen LogP contribution in [0.5, 0.6) is 6.01 Å². The van der Waals surface area contributed by atoms with Gasteiger partial charge in [-0.1, -0.05) is 18.2 Å². The van der Waals surface area contributed by atoms with E-state index in [1.54, 1.807) is 37.3 Å². The largest absolute Gasteiger partial charge is 0.459 e. The summed E-state index contributed by atoms with van der Waals surface area (Å²) in [5.74, 6) is -0.577. The third-order valence-electron chi connectivity index (χ3n) is 4.56. The van der Waals surface area contributed by atoms with Gasteiger partial charge in [0.15, 0.2) is 12.3 Å². The zero-order chi connectivity index (χ0) is 20.8. The summed E-state index contributed by atoms with van der Waals surface area (Å²) in [7, 11) is -3.87. The molecule has 11 heteroatoms. The van der Waals surface area contributed by atoms with Crippen LogP contribution in [0.2, 0.25) is 0 Å². The molecule has 2 aliphatic rings. The molecule has 0 bridgehead atoms. The van der Waals surface area contributed by atoms with Crippen LogP contribution in [0.3, 0.4) is 0 Å². The van der Waals surface area contributed by atoms with Crippen molar-refractivity contribution < 1.29 is 31.6 Å². The van der Waals surface area contributed by atoms with Gasteiger partial charge in [0.25, 0.3) is 15.7 Å². The van der Waals surface area contributed by atoms with Gasteiger partial charge in [-0.3, -0.25) is 13.5 Å². The molecule has 2 aromatic rings. The van der Waals surface area contributed by atoms with Gasteiger partial charge in [0, 0.05) is 11.8 Å². The van der Waals surface area contributed by atoms with Crippen molar-refractivity contribution in [2.24, 2.45) is 0 Å². The lowest BCUT2D eigenvalue weighted by Gasteiger charge is -2.20. The molecule has 1 aromatic heterocycles. The molecular formula is C18H18N2O8S. The quantitative estimate of drug-likeness (QED) is 0.498. The van der Waals surface area contributed by atoms with Gasteiger partial charge in [0.2, 0.25) is 0 Å². The number of aryl methyl sites for hydroxylation is 1. The van der Waals surface area contributed by atoms with E-state index in [4.69, 9.17) is 18.4 Å². The molecule has 4 atom stereocenters. The molecule has 1 saturated heterocycles. The fraction of sp³-hybridized carbons (Fsp3) is 0.389. The highest BCUT2D eigenvalue weighted by atomic mass is 32.2. The van der Waals surface area contributed by atoms with Crippen molar-refractivity contribution in [2.45, 2.75) is 31.5 Å². The summed E-state index contributed by atoms with van der Waals surface area (Å²) in [5, 5.41) is 0. The van der Waals surface area contributed by atoms with Crippen molar-refractivity contribution in [1.82, 2.24) is 9.55 Å². The number of benzene rings is 1. The smallest absolute Gasteiger partial charge is 0.338 e. The van der Waals surface area contributed by atoms with Crippen molar-refractivity contribution in [3.8, 4) is 6.01 Å². The topological polar surface area (TPSA) is 123 Å². The normalized spacial score (nSPS) is 25.2. The summed E-state index contributed by atoms with van der Waals surface area (Å²) in [6.45, 7) is 1.35. The third kappa shape index (κ3) is 3.88. The van der Waals surface area contributed by atoms with Crippen LogP contribution < -0.4 is 10.3 Å². The van der Waals surface area contributed by atoms with Crippen molar-refractivity contribution in [3.05, 3.63) is 58.0 Å². The summed E-state index contributed by atoms with van der Waals surface area (Å²) in [4.78, 5) is 27.8. The van der Waals surface area contributed by atoms with E-state index < -0.39 is 46.2 Å². The minimum Gasteiger partial charge on any atom is -0.459 e. The second-order valence-corrected chi connectivity index (χ2v) is 8.40. The van der Waals surface area contributed by atoms with Gasteiger partial charge < -0.3 is 14.2 Å². The molecule has 1 aromatic carbocycles. The summed E-state index contributed by atoms with van der Waals surface area (Å²) in [6, 6.07) is 8.37. The number of nitrogens with zero attached hydrogens (tertiary/aromatic N) is 2. The van der Waals surface area contributed by atoms with Gasteiger partial charge in [-0.25, -0.2) is 4.79 Å². The maximum absolute atomic E-state index is 12.2. The first-order chi connectivity index (χ1) is 13.7. The van der Waals surface area contributed by atoms with E-state index in [0.29, 0.717) is 11.1 Å². The van der Waals surface area contributed by atoms with Gasteiger partial charge in [-0.15, -0.1) is 0 Å². The summed E-state index contributed by atoms with van der Waals surface area (Å²) >= 11 is 0. The van der Waals surface area contributed by atoms with Crippen LogP contribution in [0, 0.1) is 6.92 Å². The van der Waals surface area contributed by atoms with E-state index in [1.165, 1.54) is 10.8 Å². The van der Waals surface area contributed by atoms with E-state index in [1.807, 2.05) is 0 Å². The molecule has 3 heterocycles. The molecular weight excluding hydrogens is 404 g/mol. The minimum atomic E-state index is -3.87. The standard InChI is InChI=1S/C18H18N2O8S/c1-10-8-20-16-14(27-18(20)19-15(10)21)13(28-29(2,23)24)12(26-16)9-25-17(22)11-6-4-3-5-7-11/h3-8,12-14,16H,9H2,1-2H3/t12-,13-,14+,16-/m1/s1. The molecule has 0 unspecified atom stereocenters. The molecule has 154 valence electrons. The Hall–Kier alpha value is -2.76.